The van der Waals surface area contributed by atoms with Gasteiger partial charge in [-0.25, -0.2) is 10.8 Å². The number of nitrogen functional groups attached to an aromatic ring is 1. The molecule has 1 aliphatic rings. The minimum absolute atomic E-state index is 0.0362. The first-order valence-corrected chi connectivity index (χ1v) is 6.83. The Balaban J connectivity index is 1.99. The first-order chi connectivity index (χ1) is 10.1. The molecule has 1 aromatic heterocycles. The summed E-state index contributed by atoms with van der Waals surface area (Å²) in [6.07, 6.45) is 0.0362. The molecule has 0 amide bonds. The molecule has 0 spiro atoms. The predicted octanol–water partition coefficient (Wildman–Crippen LogP) is 0.408. The summed E-state index contributed by atoms with van der Waals surface area (Å²) in [5, 5.41) is 13.9. The Kier molecular flexibility index (Phi) is 5.26. The third-order valence-electron chi connectivity index (χ3n) is 3.35. The maximum absolute atomic E-state index is 10.9. The van der Waals surface area contributed by atoms with Crippen LogP contribution in [0.15, 0.2) is 12.1 Å². The van der Waals surface area contributed by atoms with Gasteiger partial charge < -0.3 is 15.5 Å². The van der Waals surface area contributed by atoms with E-state index in [9.17, 15) is 10.1 Å². The van der Waals surface area contributed by atoms with Crippen molar-refractivity contribution in [3.8, 4) is 0 Å². The Morgan fingerprint density at radius 3 is 3.00 bits per heavy atom. The molecule has 9 heteroatoms. The molecule has 1 saturated heterocycles. The predicted molar refractivity (Wildman–Crippen MR) is 79.0 cm³/mol. The fourth-order valence-electron chi connectivity index (χ4n) is 2.20. The fraction of sp³-hybridized carbons (Fsp3) is 0.583. The van der Waals surface area contributed by atoms with Crippen molar-refractivity contribution in [3.05, 3.63) is 22.2 Å². The van der Waals surface area contributed by atoms with Crippen molar-refractivity contribution in [2.24, 2.45) is 5.84 Å². The highest BCUT2D eigenvalue weighted by Gasteiger charge is 2.19. The van der Waals surface area contributed by atoms with Crippen LogP contribution in [0.25, 0.3) is 0 Å². The van der Waals surface area contributed by atoms with Crippen molar-refractivity contribution >= 4 is 17.3 Å². The van der Waals surface area contributed by atoms with E-state index in [1.807, 2.05) is 0 Å². The number of nitrogens with two attached hydrogens (primary N) is 1. The minimum atomic E-state index is -0.483. The van der Waals surface area contributed by atoms with Gasteiger partial charge in [-0.3, -0.25) is 15.0 Å². The summed E-state index contributed by atoms with van der Waals surface area (Å²) in [7, 11) is 0. The SMILES string of the molecule is CCN1CCOC(CNc2cc([N+](=O)[O-])cc(NN)n2)C1. The number of nitro groups is 1. The maximum Gasteiger partial charge on any atom is 0.276 e. The number of ether oxygens (including phenoxy) is 1. The largest absolute Gasteiger partial charge is 0.374 e. The number of pyridine rings is 1. The Hall–Kier alpha value is -1.97. The summed E-state index contributed by atoms with van der Waals surface area (Å²) in [6, 6.07) is 2.66. The monoisotopic (exact) mass is 296 g/mol. The number of likely N-dealkylation sites (N-methyl/N-ethyl adjacent to an activating group) is 1. The molecule has 1 fully saturated rings. The van der Waals surface area contributed by atoms with E-state index in [-0.39, 0.29) is 17.6 Å². The number of rotatable bonds is 6. The molecular weight excluding hydrogens is 276 g/mol. The second kappa shape index (κ2) is 7.16. The molecule has 9 nitrogen and oxygen atoms in total. The van der Waals surface area contributed by atoms with Crippen LogP contribution in [0.1, 0.15) is 6.92 Å². The zero-order valence-electron chi connectivity index (χ0n) is 11.9. The van der Waals surface area contributed by atoms with Gasteiger partial charge in [-0.05, 0) is 6.54 Å². The van der Waals surface area contributed by atoms with Crippen LogP contribution in [0.3, 0.4) is 0 Å². The van der Waals surface area contributed by atoms with Gasteiger partial charge in [0.1, 0.15) is 11.6 Å². The standard InChI is InChI=1S/C12H20N6O3/c1-2-17-3-4-21-10(8-17)7-14-11-5-9(18(19)20)6-12(15-11)16-13/h5-6,10H,2-4,7-8,13H2,1H3,(H2,14,15,16). The molecular formula is C12H20N6O3. The highest BCUT2D eigenvalue weighted by molar-refractivity contribution is 5.54. The van der Waals surface area contributed by atoms with Gasteiger partial charge in [-0.15, -0.1) is 0 Å². The average Bonchev–Trinajstić information content (AvgIpc) is 2.52. The number of nitrogens with zero attached hydrogens (tertiary/aromatic N) is 3. The summed E-state index contributed by atoms with van der Waals surface area (Å²) in [5.41, 5.74) is 2.25. The molecule has 0 bridgehead atoms. The third-order valence-corrected chi connectivity index (χ3v) is 3.35. The van der Waals surface area contributed by atoms with Crippen LogP contribution in [-0.2, 0) is 4.74 Å². The zero-order valence-corrected chi connectivity index (χ0v) is 11.9. The number of hydrogen-bond donors (Lipinski definition) is 3. The van der Waals surface area contributed by atoms with Crippen LogP contribution >= 0.6 is 0 Å². The first kappa shape index (κ1) is 15.4. The molecule has 1 aliphatic heterocycles. The van der Waals surface area contributed by atoms with Gasteiger partial charge in [0.05, 0.1) is 29.8 Å². The van der Waals surface area contributed by atoms with E-state index in [0.29, 0.717) is 19.0 Å². The van der Waals surface area contributed by atoms with E-state index in [2.05, 4.69) is 27.6 Å². The fourth-order valence-corrected chi connectivity index (χ4v) is 2.20. The number of morpholine rings is 1. The Morgan fingerprint density at radius 2 is 2.33 bits per heavy atom. The van der Waals surface area contributed by atoms with Crippen LogP contribution in [-0.4, -0.2) is 53.7 Å². The first-order valence-electron chi connectivity index (χ1n) is 6.83. The molecule has 0 radical (unpaired) electrons. The van der Waals surface area contributed by atoms with Crippen LogP contribution in [0, 0.1) is 10.1 Å². The zero-order chi connectivity index (χ0) is 15.2. The van der Waals surface area contributed by atoms with E-state index < -0.39 is 4.92 Å². The number of nitrogens with one attached hydrogen (secondary N) is 2. The second-order valence-electron chi connectivity index (χ2n) is 4.76. The average molecular weight is 296 g/mol. The Morgan fingerprint density at radius 1 is 1.57 bits per heavy atom. The molecule has 116 valence electrons. The third kappa shape index (κ3) is 4.25. The molecule has 0 saturated carbocycles. The summed E-state index contributed by atoms with van der Waals surface area (Å²) in [6.45, 7) is 6.09. The van der Waals surface area contributed by atoms with Crippen LogP contribution in [0.5, 0.6) is 0 Å². The van der Waals surface area contributed by atoms with Gasteiger partial charge in [0, 0.05) is 19.6 Å². The van der Waals surface area contributed by atoms with E-state index in [0.717, 1.165) is 19.6 Å². The molecule has 0 aliphatic carbocycles. The smallest absolute Gasteiger partial charge is 0.276 e. The molecule has 21 heavy (non-hydrogen) atoms. The van der Waals surface area contributed by atoms with Crippen LogP contribution < -0.4 is 16.6 Å². The molecule has 2 heterocycles. The molecule has 2 rings (SSSR count). The van der Waals surface area contributed by atoms with Crippen molar-refractivity contribution in [1.82, 2.24) is 9.88 Å². The van der Waals surface area contributed by atoms with Gasteiger partial charge in [-0.2, -0.15) is 0 Å². The second-order valence-corrected chi connectivity index (χ2v) is 4.76. The lowest BCUT2D eigenvalue weighted by Gasteiger charge is -2.32. The van der Waals surface area contributed by atoms with E-state index in [1.165, 1.54) is 12.1 Å². The van der Waals surface area contributed by atoms with E-state index >= 15 is 0 Å². The van der Waals surface area contributed by atoms with Crippen molar-refractivity contribution in [2.45, 2.75) is 13.0 Å². The number of hydrogen-bond acceptors (Lipinski definition) is 8. The summed E-state index contributed by atoms with van der Waals surface area (Å²) in [5.74, 6) is 5.91. The number of anilines is 2. The minimum Gasteiger partial charge on any atom is -0.374 e. The van der Waals surface area contributed by atoms with Crippen LogP contribution in [0.2, 0.25) is 0 Å². The lowest BCUT2D eigenvalue weighted by atomic mass is 10.2. The summed E-state index contributed by atoms with van der Waals surface area (Å²) in [4.78, 5) is 16.8. The van der Waals surface area contributed by atoms with Crippen molar-refractivity contribution in [2.75, 3.05) is 43.5 Å². The van der Waals surface area contributed by atoms with Crippen molar-refractivity contribution in [1.29, 1.82) is 0 Å². The number of hydrazine groups is 1. The topological polar surface area (TPSA) is 119 Å². The van der Waals surface area contributed by atoms with Gasteiger partial charge in [0.25, 0.3) is 5.69 Å². The lowest BCUT2D eigenvalue weighted by molar-refractivity contribution is -0.384. The van der Waals surface area contributed by atoms with Gasteiger partial charge >= 0.3 is 0 Å². The van der Waals surface area contributed by atoms with E-state index in [4.69, 9.17) is 10.6 Å². The quantitative estimate of drug-likeness (QED) is 0.392. The highest BCUT2D eigenvalue weighted by atomic mass is 16.6. The van der Waals surface area contributed by atoms with Crippen molar-refractivity contribution in [3.63, 3.8) is 0 Å². The van der Waals surface area contributed by atoms with E-state index in [1.54, 1.807) is 0 Å². The molecule has 1 unspecified atom stereocenters. The highest BCUT2D eigenvalue weighted by Crippen LogP contribution is 2.20. The molecule has 4 N–H and O–H groups in total. The van der Waals surface area contributed by atoms with Crippen LogP contribution in [0.4, 0.5) is 17.3 Å². The van der Waals surface area contributed by atoms with Gasteiger partial charge in [0.15, 0.2) is 0 Å². The summed E-state index contributed by atoms with van der Waals surface area (Å²) >= 11 is 0. The van der Waals surface area contributed by atoms with Gasteiger partial charge in [-0.1, -0.05) is 6.92 Å². The number of aromatic nitrogens is 1. The maximum atomic E-state index is 10.9. The van der Waals surface area contributed by atoms with Crippen molar-refractivity contribution < 1.29 is 9.66 Å². The normalized spacial score (nSPS) is 19.2. The Bertz CT molecular complexity index is 498. The molecule has 0 aromatic carbocycles. The Labute approximate surface area is 122 Å². The lowest BCUT2D eigenvalue weighted by Crippen LogP contribution is -2.45. The summed E-state index contributed by atoms with van der Waals surface area (Å²) < 4.78 is 5.66. The molecule has 1 aromatic rings. The molecule has 1 atom stereocenters. The van der Waals surface area contributed by atoms with Gasteiger partial charge in [0.2, 0.25) is 0 Å².